The van der Waals surface area contributed by atoms with E-state index in [1.807, 2.05) is 6.92 Å². The molecule has 0 aliphatic heterocycles. The minimum Gasteiger partial charge on any atom is -0.466 e. The maximum atomic E-state index is 10.6. The van der Waals surface area contributed by atoms with Crippen LogP contribution >= 0.6 is 0 Å². The Morgan fingerprint density at radius 1 is 1.00 bits per heavy atom. The normalized spacial score (nSPS) is 10.8. The second-order valence-corrected chi connectivity index (χ2v) is 3.95. The van der Waals surface area contributed by atoms with Crippen molar-refractivity contribution < 1.29 is 30.4 Å². The second-order valence-electron chi connectivity index (χ2n) is 3.95. The third-order valence-electron chi connectivity index (χ3n) is 2.22. The van der Waals surface area contributed by atoms with Crippen molar-refractivity contribution in [3.63, 3.8) is 0 Å². The minimum absolute atomic E-state index is 0. The van der Waals surface area contributed by atoms with Gasteiger partial charge in [-0.3, -0.25) is 14.4 Å². The van der Waals surface area contributed by atoms with E-state index in [-0.39, 0.29) is 26.0 Å². The molecule has 0 bridgehead atoms. The van der Waals surface area contributed by atoms with Gasteiger partial charge >= 0.3 is 11.9 Å². The van der Waals surface area contributed by atoms with E-state index < -0.39 is 12.1 Å². The first-order valence-electron chi connectivity index (χ1n) is 6.92. The van der Waals surface area contributed by atoms with Gasteiger partial charge in [0, 0.05) is 7.85 Å². The highest BCUT2D eigenvalue weighted by Gasteiger charge is 2.08. The zero-order valence-electron chi connectivity index (χ0n) is 12.8. The number of carbonyl (C=O) groups excluding carboxylic acids is 3. The molecule has 1 unspecified atom stereocenters. The lowest BCUT2D eigenvalue weighted by atomic mass is 10.2. The molecule has 120 valence electrons. The molecule has 6 heteroatoms. The molecule has 20 heavy (non-hydrogen) atoms. The molecule has 0 radical (unpaired) electrons. The first kappa shape index (κ1) is 20.9. The van der Waals surface area contributed by atoms with Crippen molar-refractivity contribution in [2.24, 2.45) is 0 Å². The van der Waals surface area contributed by atoms with E-state index in [9.17, 15) is 14.4 Å². The van der Waals surface area contributed by atoms with Crippen molar-refractivity contribution in [1.29, 1.82) is 0 Å². The van der Waals surface area contributed by atoms with Crippen LogP contribution in [0.15, 0.2) is 0 Å². The molecule has 0 aliphatic carbocycles. The number of carbonyl (C=O) groups is 3. The molecule has 0 rings (SSSR count). The van der Waals surface area contributed by atoms with Gasteiger partial charge in [0.25, 0.3) is 0 Å². The molecule has 6 nitrogen and oxygen atoms in total. The van der Waals surface area contributed by atoms with Crippen LogP contribution in [0, 0.1) is 0 Å². The summed E-state index contributed by atoms with van der Waals surface area (Å²) in [6, 6.07) is 0. The summed E-state index contributed by atoms with van der Waals surface area (Å²) in [4.78, 5) is 31.8. The number of hydrogen-bond donors (Lipinski definition) is 1. The Hall–Kier alpha value is -1.43. The summed E-state index contributed by atoms with van der Waals surface area (Å²) in [7, 11) is 0. The lowest BCUT2D eigenvalue weighted by molar-refractivity contribution is -0.146. The maximum Gasteiger partial charge on any atom is 0.313 e. The monoisotopic (exact) mass is 292 g/mol. The molecule has 0 saturated carbocycles. The number of ketones is 1. The van der Waals surface area contributed by atoms with Gasteiger partial charge in [-0.05, 0) is 20.3 Å². The van der Waals surface area contributed by atoms with Crippen LogP contribution in [0.2, 0.25) is 0 Å². The maximum absolute atomic E-state index is 10.6. The molecule has 0 aromatic rings. The Morgan fingerprint density at radius 2 is 1.50 bits per heavy atom. The number of aliphatic hydroxyl groups excluding tert-OH is 1. The van der Waals surface area contributed by atoms with E-state index in [1.54, 1.807) is 20.8 Å². The fourth-order valence-corrected chi connectivity index (χ4v) is 1.05. The Morgan fingerprint density at radius 3 is 1.90 bits per heavy atom. The van der Waals surface area contributed by atoms with Crippen LogP contribution in [0.1, 0.15) is 54.8 Å². The SMILES string of the molecule is CCOC(=O)CC(=O)CC.CCOC(=O)CC(O)CC.[HH]. The van der Waals surface area contributed by atoms with Gasteiger partial charge in [0.05, 0.1) is 25.7 Å². The summed E-state index contributed by atoms with van der Waals surface area (Å²) in [5, 5.41) is 8.95. The van der Waals surface area contributed by atoms with E-state index in [1.165, 1.54) is 0 Å². The highest BCUT2D eigenvalue weighted by Crippen LogP contribution is 1.97. The van der Waals surface area contributed by atoms with Gasteiger partial charge < -0.3 is 14.6 Å². The average molecular weight is 292 g/mol. The molecule has 0 amide bonds. The van der Waals surface area contributed by atoms with Crippen molar-refractivity contribution >= 4 is 17.7 Å². The second kappa shape index (κ2) is 14.0. The molecule has 0 aromatic carbocycles. The zero-order valence-corrected chi connectivity index (χ0v) is 12.8. The lowest BCUT2D eigenvalue weighted by Gasteiger charge is -2.05. The van der Waals surface area contributed by atoms with Crippen LogP contribution < -0.4 is 0 Å². The van der Waals surface area contributed by atoms with E-state index in [4.69, 9.17) is 5.11 Å². The van der Waals surface area contributed by atoms with Gasteiger partial charge in [-0.2, -0.15) is 0 Å². The first-order chi connectivity index (χ1) is 9.40. The van der Waals surface area contributed by atoms with Gasteiger partial charge in [-0.15, -0.1) is 0 Å². The van der Waals surface area contributed by atoms with Crippen LogP contribution in [0.3, 0.4) is 0 Å². The summed E-state index contributed by atoms with van der Waals surface area (Å²) < 4.78 is 9.17. The molecule has 0 aliphatic rings. The van der Waals surface area contributed by atoms with Gasteiger partial charge in [0.15, 0.2) is 0 Å². The predicted molar refractivity (Wildman–Crippen MR) is 76.2 cm³/mol. The number of esters is 2. The molecule has 0 spiro atoms. The highest BCUT2D eigenvalue weighted by molar-refractivity contribution is 5.95. The van der Waals surface area contributed by atoms with Gasteiger partial charge in [0.1, 0.15) is 12.2 Å². The summed E-state index contributed by atoms with van der Waals surface area (Å²) in [6.07, 6.45) is 0.491. The van der Waals surface area contributed by atoms with E-state index in [0.717, 1.165) is 0 Å². The largest absolute Gasteiger partial charge is 0.466 e. The summed E-state index contributed by atoms with van der Waals surface area (Å²) in [5.74, 6) is -0.815. The minimum atomic E-state index is -0.543. The number of Topliss-reactive ketones (excluding diaryl/α,β-unsaturated/α-hetero) is 1. The van der Waals surface area contributed by atoms with Crippen molar-refractivity contribution in [3.8, 4) is 0 Å². The highest BCUT2D eigenvalue weighted by atomic mass is 16.5. The fourth-order valence-electron chi connectivity index (χ4n) is 1.05. The Labute approximate surface area is 121 Å². The van der Waals surface area contributed by atoms with E-state index >= 15 is 0 Å². The molecular weight excluding hydrogens is 264 g/mol. The Balaban J connectivity index is -0.000000295. The van der Waals surface area contributed by atoms with Gasteiger partial charge in [0.2, 0.25) is 0 Å². The fraction of sp³-hybridized carbons (Fsp3) is 0.786. The molecular formula is C14H28O6. The van der Waals surface area contributed by atoms with Gasteiger partial charge in [-0.25, -0.2) is 0 Å². The quantitative estimate of drug-likeness (QED) is 0.542. The first-order valence-corrected chi connectivity index (χ1v) is 6.92. The van der Waals surface area contributed by atoms with Crippen molar-refractivity contribution in [3.05, 3.63) is 0 Å². The molecule has 0 aromatic heterocycles. The third kappa shape index (κ3) is 14.6. The summed E-state index contributed by atoms with van der Waals surface area (Å²) in [6.45, 7) is 7.74. The smallest absolute Gasteiger partial charge is 0.313 e. The standard InChI is InChI=1S/C7H14O3.C7H12O3.H2/c2*1-3-6(8)5-7(9)10-4-2;/h6,8H,3-5H2,1-2H3;3-5H2,1-2H3;1H. The summed E-state index contributed by atoms with van der Waals surface area (Å²) >= 11 is 0. The third-order valence-corrected chi connectivity index (χ3v) is 2.22. The number of ether oxygens (including phenoxy) is 2. The topological polar surface area (TPSA) is 89.9 Å². The van der Waals surface area contributed by atoms with Crippen LogP contribution in [-0.4, -0.2) is 42.1 Å². The van der Waals surface area contributed by atoms with Crippen molar-refractivity contribution in [2.45, 2.75) is 59.5 Å². The number of rotatable bonds is 8. The molecule has 0 saturated heterocycles. The van der Waals surface area contributed by atoms with Crippen LogP contribution in [-0.2, 0) is 23.9 Å². The lowest BCUT2D eigenvalue weighted by Crippen LogP contribution is -2.14. The number of aliphatic hydroxyl groups is 1. The molecule has 1 atom stereocenters. The van der Waals surface area contributed by atoms with Gasteiger partial charge in [-0.1, -0.05) is 13.8 Å². The molecule has 1 N–H and O–H groups in total. The molecule has 0 heterocycles. The van der Waals surface area contributed by atoms with Crippen LogP contribution in [0.25, 0.3) is 0 Å². The number of hydrogen-bond acceptors (Lipinski definition) is 6. The van der Waals surface area contributed by atoms with Crippen LogP contribution in [0.4, 0.5) is 0 Å². The van der Waals surface area contributed by atoms with Crippen molar-refractivity contribution in [1.82, 2.24) is 0 Å². The van der Waals surface area contributed by atoms with E-state index in [0.29, 0.717) is 26.1 Å². The zero-order chi connectivity index (χ0) is 16.0. The van der Waals surface area contributed by atoms with Crippen LogP contribution in [0.5, 0.6) is 0 Å². The summed E-state index contributed by atoms with van der Waals surface area (Å²) in [5.41, 5.74) is 0. The van der Waals surface area contributed by atoms with Crippen molar-refractivity contribution in [2.75, 3.05) is 13.2 Å². The predicted octanol–water partition coefficient (Wildman–Crippen LogP) is 1.88. The Kier molecular flexibility index (Phi) is 14.6. The van der Waals surface area contributed by atoms with E-state index in [2.05, 4.69) is 9.47 Å². The Bertz CT molecular complexity index is 293. The molecule has 0 fully saturated rings. The average Bonchev–Trinajstić information content (AvgIpc) is 2.39.